The zero-order valence-corrected chi connectivity index (χ0v) is 12.8. The molecule has 0 bridgehead atoms. The second-order valence-corrected chi connectivity index (χ2v) is 5.66. The van der Waals surface area contributed by atoms with Gasteiger partial charge in [0.2, 0.25) is 0 Å². The van der Waals surface area contributed by atoms with Crippen LogP contribution in [0.2, 0.25) is 0 Å². The second-order valence-electron chi connectivity index (χ2n) is 5.66. The Bertz CT molecular complexity index is 559. The fourth-order valence-corrected chi connectivity index (χ4v) is 3.03. The van der Waals surface area contributed by atoms with E-state index < -0.39 is 6.10 Å². The molecule has 5 nitrogen and oxygen atoms in total. The van der Waals surface area contributed by atoms with Gasteiger partial charge in [-0.15, -0.1) is 0 Å². The topological polar surface area (TPSA) is 58.7 Å². The highest BCUT2D eigenvalue weighted by molar-refractivity contribution is 5.09. The minimum atomic E-state index is -0.611. The Kier molecular flexibility index (Phi) is 4.87. The Balaban J connectivity index is 1.71. The van der Waals surface area contributed by atoms with E-state index in [4.69, 9.17) is 9.15 Å². The summed E-state index contributed by atoms with van der Waals surface area (Å²) in [5, 5.41) is 10.3. The van der Waals surface area contributed by atoms with E-state index in [9.17, 15) is 5.11 Å². The molecule has 1 aliphatic heterocycles. The molecule has 2 aromatic heterocycles. The molecule has 2 aromatic rings. The first-order valence-corrected chi connectivity index (χ1v) is 7.71. The summed E-state index contributed by atoms with van der Waals surface area (Å²) in [5.74, 6) is 0.607. The lowest BCUT2D eigenvalue weighted by atomic mass is 10.0. The molecule has 3 rings (SSSR count). The largest absolute Gasteiger partial charge is 0.467 e. The molecule has 5 heteroatoms. The van der Waals surface area contributed by atoms with Crippen molar-refractivity contribution in [3.63, 3.8) is 0 Å². The van der Waals surface area contributed by atoms with E-state index in [0.29, 0.717) is 25.4 Å². The zero-order valence-electron chi connectivity index (χ0n) is 12.8. The highest BCUT2D eigenvalue weighted by Crippen LogP contribution is 2.28. The Morgan fingerprint density at radius 3 is 3.00 bits per heavy atom. The van der Waals surface area contributed by atoms with Gasteiger partial charge in [0, 0.05) is 24.8 Å². The number of aliphatic hydroxyl groups is 1. The lowest BCUT2D eigenvalue weighted by molar-refractivity contribution is -0.0458. The lowest BCUT2D eigenvalue weighted by Gasteiger charge is -2.40. The van der Waals surface area contributed by atoms with Crippen LogP contribution in [0.1, 0.15) is 36.9 Å². The van der Waals surface area contributed by atoms with Crippen molar-refractivity contribution in [2.75, 3.05) is 19.8 Å². The van der Waals surface area contributed by atoms with Gasteiger partial charge in [0.25, 0.3) is 0 Å². The van der Waals surface area contributed by atoms with Crippen LogP contribution < -0.4 is 0 Å². The predicted octanol–water partition coefficient (Wildman–Crippen LogP) is 2.56. The van der Waals surface area contributed by atoms with E-state index in [1.165, 1.54) is 0 Å². The van der Waals surface area contributed by atoms with Crippen LogP contribution in [0.25, 0.3) is 0 Å². The van der Waals surface area contributed by atoms with E-state index in [0.717, 1.165) is 12.2 Å². The molecule has 3 unspecified atom stereocenters. The van der Waals surface area contributed by atoms with Gasteiger partial charge < -0.3 is 14.3 Å². The molecule has 0 amide bonds. The molecule has 22 heavy (non-hydrogen) atoms. The van der Waals surface area contributed by atoms with Crippen molar-refractivity contribution in [1.82, 2.24) is 9.88 Å². The van der Waals surface area contributed by atoms with Gasteiger partial charge in [0.15, 0.2) is 0 Å². The average Bonchev–Trinajstić information content (AvgIpc) is 3.10. The number of furan rings is 1. The summed E-state index contributed by atoms with van der Waals surface area (Å²) in [5.41, 5.74) is 1.04. The van der Waals surface area contributed by atoms with Gasteiger partial charge in [-0.05, 0) is 37.6 Å². The Morgan fingerprint density at radius 1 is 1.36 bits per heavy atom. The molecule has 0 radical (unpaired) electrons. The summed E-state index contributed by atoms with van der Waals surface area (Å²) >= 11 is 0. The molecule has 1 N–H and O–H groups in total. The Hall–Kier alpha value is -1.69. The molecule has 0 saturated carbocycles. The van der Waals surface area contributed by atoms with Crippen molar-refractivity contribution < 1.29 is 14.3 Å². The normalized spacial score (nSPS) is 22.4. The van der Waals surface area contributed by atoms with Gasteiger partial charge in [0.1, 0.15) is 11.9 Å². The fourth-order valence-electron chi connectivity index (χ4n) is 3.03. The molecule has 0 aliphatic carbocycles. The average molecular weight is 302 g/mol. The number of hydrogen-bond donors (Lipinski definition) is 1. The third kappa shape index (κ3) is 3.38. The number of pyridine rings is 1. The number of hydrogen-bond acceptors (Lipinski definition) is 5. The van der Waals surface area contributed by atoms with Crippen LogP contribution in [-0.4, -0.2) is 40.8 Å². The summed E-state index contributed by atoms with van der Waals surface area (Å²) in [6.07, 6.45) is 3.38. The molecule has 0 spiro atoms. The van der Waals surface area contributed by atoms with E-state index in [1.807, 2.05) is 24.4 Å². The summed E-state index contributed by atoms with van der Waals surface area (Å²) in [6.45, 7) is 4.33. The molecule has 3 heterocycles. The number of morpholine rings is 1. The SMILES string of the molecule is CC(c1ccccn1)N1CCOCC1CC(O)c1ccco1. The molecule has 0 aromatic carbocycles. The first kappa shape index (κ1) is 15.2. The molecular formula is C17H22N2O3. The van der Waals surface area contributed by atoms with Crippen LogP contribution >= 0.6 is 0 Å². The first-order valence-electron chi connectivity index (χ1n) is 7.71. The van der Waals surface area contributed by atoms with Crippen molar-refractivity contribution >= 4 is 0 Å². The highest BCUT2D eigenvalue weighted by Gasteiger charge is 2.30. The second kappa shape index (κ2) is 7.05. The van der Waals surface area contributed by atoms with Crippen LogP contribution in [-0.2, 0) is 4.74 Å². The summed E-state index contributed by atoms with van der Waals surface area (Å²) in [4.78, 5) is 6.81. The zero-order chi connectivity index (χ0) is 15.4. The summed E-state index contributed by atoms with van der Waals surface area (Å²) in [7, 11) is 0. The highest BCUT2D eigenvalue weighted by atomic mass is 16.5. The quantitative estimate of drug-likeness (QED) is 0.920. The smallest absolute Gasteiger partial charge is 0.132 e. The lowest BCUT2D eigenvalue weighted by Crippen LogP contribution is -2.47. The van der Waals surface area contributed by atoms with Crippen LogP contribution in [0.4, 0.5) is 0 Å². The maximum atomic E-state index is 10.3. The van der Waals surface area contributed by atoms with E-state index in [1.54, 1.807) is 18.4 Å². The summed E-state index contributed by atoms with van der Waals surface area (Å²) < 4.78 is 10.9. The Labute approximate surface area is 130 Å². The number of rotatable bonds is 5. The molecular weight excluding hydrogens is 280 g/mol. The van der Waals surface area contributed by atoms with E-state index in [-0.39, 0.29) is 12.1 Å². The monoisotopic (exact) mass is 302 g/mol. The molecule has 1 fully saturated rings. The standard InChI is InChI=1S/C17H22N2O3/c1-13(15-5-2-3-7-18-15)19-8-10-21-12-14(19)11-16(20)17-6-4-9-22-17/h2-7,9,13-14,16,20H,8,10-12H2,1H3. The minimum Gasteiger partial charge on any atom is -0.467 e. The predicted molar refractivity (Wildman–Crippen MR) is 82.2 cm³/mol. The number of aromatic nitrogens is 1. The number of nitrogens with zero attached hydrogens (tertiary/aromatic N) is 2. The number of ether oxygens (including phenoxy) is 1. The minimum absolute atomic E-state index is 0.144. The third-order valence-electron chi connectivity index (χ3n) is 4.25. The Morgan fingerprint density at radius 2 is 2.27 bits per heavy atom. The van der Waals surface area contributed by atoms with Gasteiger partial charge in [-0.25, -0.2) is 0 Å². The van der Waals surface area contributed by atoms with Crippen molar-refractivity contribution in [2.24, 2.45) is 0 Å². The van der Waals surface area contributed by atoms with Gasteiger partial charge >= 0.3 is 0 Å². The molecule has 1 saturated heterocycles. The molecule has 3 atom stereocenters. The maximum Gasteiger partial charge on any atom is 0.132 e. The van der Waals surface area contributed by atoms with Gasteiger partial charge in [-0.3, -0.25) is 9.88 Å². The fraction of sp³-hybridized carbons (Fsp3) is 0.471. The van der Waals surface area contributed by atoms with Crippen molar-refractivity contribution in [3.05, 3.63) is 54.2 Å². The van der Waals surface area contributed by atoms with Crippen molar-refractivity contribution in [2.45, 2.75) is 31.5 Å². The molecule has 118 valence electrons. The van der Waals surface area contributed by atoms with Crippen LogP contribution in [0.15, 0.2) is 47.2 Å². The van der Waals surface area contributed by atoms with Crippen LogP contribution in [0.3, 0.4) is 0 Å². The number of aliphatic hydroxyl groups excluding tert-OH is 1. The first-order chi connectivity index (χ1) is 10.8. The third-order valence-corrected chi connectivity index (χ3v) is 4.25. The van der Waals surface area contributed by atoms with E-state index >= 15 is 0 Å². The van der Waals surface area contributed by atoms with Crippen molar-refractivity contribution in [3.8, 4) is 0 Å². The molecule has 1 aliphatic rings. The van der Waals surface area contributed by atoms with Gasteiger partial charge in [-0.2, -0.15) is 0 Å². The van der Waals surface area contributed by atoms with E-state index in [2.05, 4.69) is 16.8 Å². The van der Waals surface area contributed by atoms with Gasteiger partial charge in [0.05, 0.1) is 25.2 Å². The maximum absolute atomic E-state index is 10.3. The van der Waals surface area contributed by atoms with Crippen molar-refractivity contribution in [1.29, 1.82) is 0 Å². The van der Waals surface area contributed by atoms with Gasteiger partial charge in [-0.1, -0.05) is 6.07 Å². The van der Waals surface area contributed by atoms with Crippen LogP contribution in [0.5, 0.6) is 0 Å². The summed E-state index contributed by atoms with van der Waals surface area (Å²) in [6, 6.07) is 9.91. The van der Waals surface area contributed by atoms with Crippen LogP contribution in [0, 0.1) is 0 Å².